The zero-order chi connectivity index (χ0) is 22.2. The van der Waals surface area contributed by atoms with Crippen molar-refractivity contribution in [1.29, 1.82) is 0 Å². The van der Waals surface area contributed by atoms with E-state index in [4.69, 9.17) is 20.9 Å². The number of nitrogens with zero attached hydrogens (tertiary/aromatic N) is 2. The second kappa shape index (κ2) is 8.58. The van der Waals surface area contributed by atoms with Crippen molar-refractivity contribution in [3.8, 4) is 0 Å². The Bertz CT molecular complexity index is 1250. The summed E-state index contributed by atoms with van der Waals surface area (Å²) in [6.07, 6.45) is -0.0354. The molecule has 2 aromatic carbocycles. The molecule has 0 bridgehead atoms. The van der Waals surface area contributed by atoms with Gasteiger partial charge in [-0.2, -0.15) is 4.31 Å². The fourth-order valence-corrected chi connectivity index (χ4v) is 5.01. The first-order valence-electron chi connectivity index (χ1n) is 9.78. The van der Waals surface area contributed by atoms with Gasteiger partial charge in [0.05, 0.1) is 35.2 Å². The lowest BCUT2D eigenvalue weighted by Crippen LogP contribution is -2.40. The molecule has 10 heteroatoms. The molecule has 0 saturated carbocycles. The molecule has 1 N–H and O–H groups in total. The Balaban J connectivity index is 1.55. The summed E-state index contributed by atoms with van der Waals surface area (Å²) in [7, 11) is -3.71. The number of amides is 1. The van der Waals surface area contributed by atoms with E-state index in [1.165, 1.54) is 22.5 Å². The molecule has 1 fully saturated rings. The molecule has 1 aromatic heterocycles. The molecule has 2 heterocycles. The number of fused-ring (bicyclic) bond motifs is 1. The van der Waals surface area contributed by atoms with Crippen molar-refractivity contribution in [3.05, 3.63) is 52.2 Å². The van der Waals surface area contributed by atoms with Gasteiger partial charge in [-0.05, 0) is 55.3 Å². The molecular formula is C21H22ClN3O5S. The molecule has 0 atom stereocenters. The van der Waals surface area contributed by atoms with E-state index in [0.29, 0.717) is 24.5 Å². The topological polar surface area (TPSA) is 102 Å². The third-order valence-corrected chi connectivity index (χ3v) is 7.53. The van der Waals surface area contributed by atoms with Crippen LogP contribution in [-0.4, -0.2) is 50.1 Å². The minimum atomic E-state index is -3.71. The molecule has 3 aromatic rings. The standard InChI is InChI=1S/C21H22ClN3O5S/c1-13-9-16-18(24-30-20(16)10-14(13)2)12-21(26)23-19-11-15(3-4-17(19)22)31(27,28)25-5-7-29-8-6-25/h3-4,9-11H,5-8,12H2,1-2H3,(H,23,26). The van der Waals surface area contributed by atoms with Crippen molar-refractivity contribution in [2.24, 2.45) is 0 Å². The Kier molecular flexibility index (Phi) is 6.02. The summed E-state index contributed by atoms with van der Waals surface area (Å²) in [5, 5.41) is 7.72. The average Bonchev–Trinajstić information content (AvgIpc) is 3.11. The van der Waals surface area contributed by atoms with Gasteiger partial charge in [-0.1, -0.05) is 16.8 Å². The summed E-state index contributed by atoms with van der Waals surface area (Å²) in [4.78, 5) is 12.7. The largest absolute Gasteiger partial charge is 0.379 e. The van der Waals surface area contributed by atoms with E-state index in [1.807, 2.05) is 26.0 Å². The highest BCUT2D eigenvalue weighted by atomic mass is 35.5. The molecule has 0 radical (unpaired) electrons. The number of carbonyl (C=O) groups excluding carboxylic acids is 1. The molecule has 0 aliphatic carbocycles. The van der Waals surface area contributed by atoms with Gasteiger partial charge in [-0.25, -0.2) is 8.42 Å². The third kappa shape index (κ3) is 4.45. The zero-order valence-electron chi connectivity index (χ0n) is 17.1. The second-order valence-electron chi connectivity index (χ2n) is 7.44. The highest BCUT2D eigenvalue weighted by Gasteiger charge is 2.27. The van der Waals surface area contributed by atoms with Crippen molar-refractivity contribution < 1.29 is 22.5 Å². The maximum Gasteiger partial charge on any atom is 0.243 e. The molecular weight excluding hydrogens is 442 g/mol. The minimum absolute atomic E-state index is 0.0354. The van der Waals surface area contributed by atoms with Crippen LogP contribution in [0.1, 0.15) is 16.8 Å². The lowest BCUT2D eigenvalue weighted by molar-refractivity contribution is -0.115. The van der Waals surface area contributed by atoms with Crippen molar-refractivity contribution in [3.63, 3.8) is 0 Å². The number of ether oxygens (including phenoxy) is 1. The SMILES string of the molecule is Cc1cc2onc(CC(=O)Nc3cc(S(=O)(=O)N4CCOCC4)ccc3Cl)c2cc1C. The van der Waals surface area contributed by atoms with Gasteiger partial charge in [0.15, 0.2) is 5.58 Å². The zero-order valence-corrected chi connectivity index (χ0v) is 18.7. The number of aryl methyl sites for hydroxylation is 2. The number of rotatable bonds is 5. The summed E-state index contributed by atoms with van der Waals surface area (Å²) in [5.41, 5.74) is 3.48. The van der Waals surface area contributed by atoms with Crippen molar-refractivity contribution in [2.75, 3.05) is 31.6 Å². The van der Waals surface area contributed by atoms with Crippen LogP contribution in [0, 0.1) is 13.8 Å². The highest BCUT2D eigenvalue weighted by molar-refractivity contribution is 7.89. The second-order valence-corrected chi connectivity index (χ2v) is 9.79. The van der Waals surface area contributed by atoms with Gasteiger partial charge >= 0.3 is 0 Å². The number of carbonyl (C=O) groups is 1. The van der Waals surface area contributed by atoms with Crippen molar-refractivity contribution in [2.45, 2.75) is 25.2 Å². The fraction of sp³-hybridized carbons (Fsp3) is 0.333. The van der Waals surface area contributed by atoms with Gasteiger partial charge in [-0.3, -0.25) is 4.79 Å². The highest BCUT2D eigenvalue weighted by Crippen LogP contribution is 2.28. The first-order chi connectivity index (χ1) is 14.8. The van der Waals surface area contributed by atoms with Crippen LogP contribution in [0.4, 0.5) is 5.69 Å². The third-order valence-electron chi connectivity index (χ3n) is 5.31. The maximum atomic E-state index is 12.9. The number of morpholine rings is 1. The Morgan fingerprint density at radius 3 is 2.61 bits per heavy atom. The number of aromatic nitrogens is 1. The first-order valence-corrected chi connectivity index (χ1v) is 11.6. The predicted octanol–water partition coefficient (Wildman–Crippen LogP) is 3.30. The average molecular weight is 464 g/mol. The molecule has 0 unspecified atom stereocenters. The normalized spacial score (nSPS) is 15.3. The molecule has 1 amide bonds. The summed E-state index contributed by atoms with van der Waals surface area (Å²) in [5.74, 6) is -0.378. The van der Waals surface area contributed by atoms with Crippen molar-refractivity contribution in [1.82, 2.24) is 9.46 Å². The number of benzene rings is 2. The van der Waals surface area contributed by atoms with Crippen LogP contribution in [-0.2, 0) is 26.0 Å². The monoisotopic (exact) mass is 463 g/mol. The lowest BCUT2D eigenvalue weighted by atomic mass is 10.1. The van der Waals surface area contributed by atoms with Gasteiger partial charge < -0.3 is 14.6 Å². The molecule has 1 aliphatic rings. The van der Waals surface area contributed by atoms with Crippen LogP contribution >= 0.6 is 11.6 Å². The molecule has 31 heavy (non-hydrogen) atoms. The van der Waals surface area contributed by atoms with E-state index < -0.39 is 10.0 Å². The summed E-state index contributed by atoms with van der Waals surface area (Å²) in [6.45, 7) is 5.22. The summed E-state index contributed by atoms with van der Waals surface area (Å²) >= 11 is 6.21. The van der Waals surface area contributed by atoms with Crippen LogP contribution < -0.4 is 5.32 Å². The van der Waals surface area contributed by atoms with Gasteiger partial charge in [0.1, 0.15) is 5.69 Å². The number of sulfonamides is 1. The smallest absolute Gasteiger partial charge is 0.243 e. The number of anilines is 1. The lowest BCUT2D eigenvalue weighted by Gasteiger charge is -2.26. The summed E-state index contributed by atoms with van der Waals surface area (Å²) in [6, 6.07) is 8.09. The van der Waals surface area contributed by atoms with Gasteiger partial charge in [-0.15, -0.1) is 0 Å². The van der Waals surface area contributed by atoms with Crippen molar-refractivity contribution >= 4 is 44.2 Å². The van der Waals surface area contributed by atoms with E-state index in [-0.39, 0.29) is 41.0 Å². The van der Waals surface area contributed by atoms with Crippen LogP contribution in [0.3, 0.4) is 0 Å². The molecule has 0 spiro atoms. The minimum Gasteiger partial charge on any atom is -0.379 e. The first kappa shape index (κ1) is 21.8. The Labute approximate surface area is 185 Å². The van der Waals surface area contributed by atoms with Gasteiger partial charge in [0.25, 0.3) is 0 Å². The van der Waals surface area contributed by atoms with Crippen LogP contribution in [0.25, 0.3) is 11.0 Å². The van der Waals surface area contributed by atoms with Gasteiger partial charge in [0.2, 0.25) is 15.9 Å². The number of halogens is 1. The van der Waals surface area contributed by atoms with Crippen LogP contribution in [0.15, 0.2) is 39.8 Å². The molecule has 4 rings (SSSR count). The molecule has 164 valence electrons. The van der Waals surface area contributed by atoms with Gasteiger partial charge in [0, 0.05) is 18.5 Å². The maximum absolute atomic E-state index is 12.9. The van der Waals surface area contributed by atoms with E-state index in [2.05, 4.69) is 10.5 Å². The molecule has 8 nitrogen and oxygen atoms in total. The van der Waals surface area contributed by atoms with Crippen LogP contribution in [0.5, 0.6) is 0 Å². The molecule has 1 aliphatic heterocycles. The number of hydrogen-bond donors (Lipinski definition) is 1. The number of hydrogen-bond acceptors (Lipinski definition) is 6. The Morgan fingerprint density at radius 2 is 1.87 bits per heavy atom. The summed E-state index contributed by atoms with van der Waals surface area (Å²) < 4.78 is 37.7. The number of nitrogens with one attached hydrogen (secondary N) is 1. The molecule has 1 saturated heterocycles. The van der Waals surface area contributed by atoms with E-state index >= 15 is 0 Å². The van der Waals surface area contributed by atoms with E-state index in [9.17, 15) is 13.2 Å². The quantitative estimate of drug-likeness (QED) is 0.623. The van der Waals surface area contributed by atoms with E-state index in [1.54, 1.807) is 0 Å². The fourth-order valence-electron chi connectivity index (χ4n) is 3.41. The Hall–Kier alpha value is -2.46. The van der Waals surface area contributed by atoms with Crippen LogP contribution in [0.2, 0.25) is 5.02 Å². The Morgan fingerprint density at radius 1 is 1.16 bits per heavy atom. The predicted molar refractivity (Wildman–Crippen MR) is 117 cm³/mol. The van der Waals surface area contributed by atoms with E-state index in [0.717, 1.165) is 16.5 Å².